The molecule has 0 radical (unpaired) electrons. The predicted octanol–water partition coefficient (Wildman–Crippen LogP) is 3.73. The maximum absolute atomic E-state index is 5.54. The van der Waals surface area contributed by atoms with E-state index in [9.17, 15) is 0 Å². The quantitative estimate of drug-likeness (QED) is 0.693. The average molecular weight is 192 g/mol. The summed E-state index contributed by atoms with van der Waals surface area (Å²) < 4.78 is 5.54. The van der Waals surface area contributed by atoms with Gasteiger partial charge in [0.15, 0.2) is 0 Å². The molecule has 0 unspecified atom stereocenters. The molecular formula is C13H20O. The molecule has 0 aliphatic carbocycles. The van der Waals surface area contributed by atoms with Gasteiger partial charge in [-0.2, -0.15) is 0 Å². The van der Waals surface area contributed by atoms with Gasteiger partial charge in [-0.1, -0.05) is 50.6 Å². The molecule has 0 amide bonds. The second-order valence-corrected chi connectivity index (χ2v) is 4.89. The van der Waals surface area contributed by atoms with Gasteiger partial charge in [-0.15, -0.1) is 0 Å². The van der Waals surface area contributed by atoms with Crippen molar-refractivity contribution in [2.45, 2.75) is 33.8 Å². The van der Waals surface area contributed by atoms with Crippen LogP contribution in [-0.4, -0.2) is 7.11 Å². The highest BCUT2D eigenvalue weighted by molar-refractivity contribution is 5.24. The van der Waals surface area contributed by atoms with Gasteiger partial charge in [0.05, 0.1) is 6.10 Å². The fourth-order valence-electron chi connectivity index (χ4n) is 1.73. The molecule has 14 heavy (non-hydrogen) atoms. The van der Waals surface area contributed by atoms with Crippen LogP contribution in [0, 0.1) is 12.3 Å². The summed E-state index contributed by atoms with van der Waals surface area (Å²) >= 11 is 0. The summed E-state index contributed by atoms with van der Waals surface area (Å²) in [6.45, 7) is 8.69. The van der Waals surface area contributed by atoms with Crippen molar-refractivity contribution in [2.75, 3.05) is 7.11 Å². The van der Waals surface area contributed by atoms with Crippen LogP contribution >= 0.6 is 0 Å². The number of methoxy groups -OCH3 is 1. The van der Waals surface area contributed by atoms with Gasteiger partial charge in [0, 0.05) is 7.11 Å². The lowest BCUT2D eigenvalue weighted by Gasteiger charge is -2.29. The number of benzene rings is 1. The molecule has 1 aromatic rings. The maximum atomic E-state index is 5.54. The molecule has 0 aliphatic heterocycles. The first-order valence-electron chi connectivity index (χ1n) is 5.04. The highest BCUT2D eigenvalue weighted by Gasteiger charge is 2.25. The monoisotopic (exact) mass is 192 g/mol. The normalized spacial score (nSPS) is 14.1. The summed E-state index contributed by atoms with van der Waals surface area (Å²) in [6, 6.07) is 8.56. The zero-order chi connectivity index (χ0) is 10.8. The molecule has 0 aliphatic rings. The van der Waals surface area contributed by atoms with E-state index in [0.717, 1.165) is 0 Å². The molecule has 0 saturated carbocycles. The van der Waals surface area contributed by atoms with Crippen molar-refractivity contribution < 1.29 is 4.74 Å². The molecule has 0 aromatic heterocycles. The van der Waals surface area contributed by atoms with Gasteiger partial charge in [-0.3, -0.25) is 0 Å². The third-order valence-corrected chi connectivity index (χ3v) is 2.40. The Labute approximate surface area is 87.1 Å². The van der Waals surface area contributed by atoms with E-state index in [1.54, 1.807) is 7.11 Å². The molecule has 1 aromatic carbocycles. The van der Waals surface area contributed by atoms with Crippen LogP contribution in [0.25, 0.3) is 0 Å². The first-order valence-corrected chi connectivity index (χ1v) is 5.04. The molecule has 1 nitrogen and oxygen atoms in total. The molecule has 0 spiro atoms. The maximum Gasteiger partial charge on any atom is 0.0869 e. The second-order valence-electron chi connectivity index (χ2n) is 4.89. The van der Waals surface area contributed by atoms with Crippen molar-refractivity contribution in [3.8, 4) is 0 Å². The highest BCUT2D eigenvalue weighted by atomic mass is 16.5. The van der Waals surface area contributed by atoms with Gasteiger partial charge in [-0.25, -0.2) is 0 Å². The van der Waals surface area contributed by atoms with E-state index in [2.05, 4.69) is 52.0 Å². The lowest BCUT2D eigenvalue weighted by Crippen LogP contribution is -2.19. The van der Waals surface area contributed by atoms with Crippen LogP contribution < -0.4 is 0 Å². The second kappa shape index (κ2) is 4.14. The van der Waals surface area contributed by atoms with Crippen molar-refractivity contribution in [2.24, 2.45) is 5.41 Å². The van der Waals surface area contributed by atoms with Gasteiger partial charge in [-0.05, 0) is 17.9 Å². The molecular weight excluding hydrogens is 172 g/mol. The Hall–Kier alpha value is -0.820. The Morgan fingerprint density at radius 3 is 1.93 bits per heavy atom. The standard InChI is InChI=1S/C13H20O/c1-10-6-8-11(9-7-10)12(14-5)13(2,3)4/h6-9,12H,1-5H3/t12-/m0/s1. The summed E-state index contributed by atoms with van der Waals surface area (Å²) in [5.74, 6) is 0. The van der Waals surface area contributed by atoms with Crippen molar-refractivity contribution >= 4 is 0 Å². The number of aryl methyl sites for hydroxylation is 1. The van der Waals surface area contributed by atoms with Gasteiger partial charge in [0.2, 0.25) is 0 Å². The zero-order valence-electron chi connectivity index (χ0n) is 9.79. The van der Waals surface area contributed by atoms with Gasteiger partial charge in [0.1, 0.15) is 0 Å². The Kier molecular flexibility index (Phi) is 3.33. The molecule has 0 heterocycles. The summed E-state index contributed by atoms with van der Waals surface area (Å²) in [7, 11) is 1.77. The number of rotatable bonds is 2. The van der Waals surface area contributed by atoms with Crippen molar-refractivity contribution in [1.82, 2.24) is 0 Å². The van der Waals surface area contributed by atoms with Crippen LogP contribution in [-0.2, 0) is 4.74 Å². The summed E-state index contributed by atoms with van der Waals surface area (Å²) in [5.41, 5.74) is 2.69. The van der Waals surface area contributed by atoms with Crippen molar-refractivity contribution in [3.63, 3.8) is 0 Å². The van der Waals surface area contributed by atoms with Crippen LogP contribution in [0.1, 0.15) is 38.0 Å². The molecule has 0 saturated heterocycles. The fourth-order valence-corrected chi connectivity index (χ4v) is 1.73. The average Bonchev–Trinajstić information content (AvgIpc) is 2.07. The van der Waals surface area contributed by atoms with E-state index in [1.165, 1.54) is 11.1 Å². The molecule has 1 heteroatoms. The molecule has 0 fully saturated rings. The van der Waals surface area contributed by atoms with Gasteiger partial charge in [0.25, 0.3) is 0 Å². The molecule has 1 atom stereocenters. The van der Waals surface area contributed by atoms with Crippen LogP contribution in [0.15, 0.2) is 24.3 Å². The third kappa shape index (κ3) is 2.58. The van der Waals surface area contributed by atoms with Crippen LogP contribution in [0.4, 0.5) is 0 Å². The first kappa shape index (κ1) is 11.3. The minimum absolute atomic E-state index is 0.143. The SMILES string of the molecule is CO[C@@H](c1ccc(C)cc1)C(C)(C)C. The van der Waals surface area contributed by atoms with Gasteiger partial charge < -0.3 is 4.74 Å². The van der Waals surface area contributed by atoms with Crippen LogP contribution in [0.2, 0.25) is 0 Å². The van der Waals surface area contributed by atoms with E-state index in [-0.39, 0.29) is 11.5 Å². The zero-order valence-corrected chi connectivity index (χ0v) is 9.79. The topological polar surface area (TPSA) is 9.23 Å². The number of hydrogen-bond donors (Lipinski definition) is 0. The minimum atomic E-state index is 0.143. The number of hydrogen-bond acceptors (Lipinski definition) is 1. The van der Waals surface area contributed by atoms with Gasteiger partial charge >= 0.3 is 0 Å². The molecule has 0 N–H and O–H groups in total. The lowest BCUT2D eigenvalue weighted by molar-refractivity contribution is 0.0152. The summed E-state index contributed by atoms with van der Waals surface area (Å²) in [5, 5.41) is 0. The van der Waals surface area contributed by atoms with Crippen molar-refractivity contribution in [1.29, 1.82) is 0 Å². The van der Waals surface area contributed by atoms with E-state index in [4.69, 9.17) is 4.74 Å². The smallest absolute Gasteiger partial charge is 0.0869 e. The van der Waals surface area contributed by atoms with E-state index in [0.29, 0.717) is 0 Å². The molecule has 0 bridgehead atoms. The number of ether oxygens (including phenoxy) is 1. The third-order valence-electron chi connectivity index (χ3n) is 2.40. The fraction of sp³-hybridized carbons (Fsp3) is 0.538. The lowest BCUT2D eigenvalue weighted by atomic mass is 9.84. The molecule has 78 valence electrons. The Bertz CT molecular complexity index is 279. The molecule has 1 rings (SSSR count). The van der Waals surface area contributed by atoms with Crippen molar-refractivity contribution in [3.05, 3.63) is 35.4 Å². The van der Waals surface area contributed by atoms with E-state index < -0.39 is 0 Å². The predicted molar refractivity (Wildman–Crippen MR) is 60.4 cm³/mol. The minimum Gasteiger partial charge on any atom is -0.376 e. The Morgan fingerprint density at radius 2 is 1.57 bits per heavy atom. The van der Waals surface area contributed by atoms with E-state index >= 15 is 0 Å². The Morgan fingerprint density at radius 1 is 1.07 bits per heavy atom. The first-order chi connectivity index (χ1) is 6.45. The van der Waals surface area contributed by atoms with Crippen LogP contribution in [0.5, 0.6) is 0 Å². The summed E-state index contributed by atoms with van der Waals surface area (Å²) in [4.78, 5) is 0. The summed E-state index contributed by atoms with van der Waals surface area (Å²) in [6.07, 6.45) is 0.170. The Balaban J connectivity index is 2.96. The largest absolute Gasteiger partial charge is 0.376 e. The van der Waals surface area contributed by atoms with E-state index in [1.807, 2.05) is 0 Å². The van der Waals surface area contributed by atoms with Crippen LogP contribution in [0.3, 0.4) is 0 Å². The highest BCUT2D eigenvalue weighted by Crippen LogP contribution is 2.35.